The maximum absolute atomic E-state index is 3.87. The molecule has 0 saturated heterocycles. The van der Waals surface area contributed by atoms with Crippen LogP contribution in [0.25, 0.3) is 0 Å². The molecule has 1 heterocycles. The predicted octanol–water partition coefficient (Wildman–Crippen LogP) is -0.0210. The molecule has 0 spiro atoms. The fraction of sp³-hybridized carbons (Fsp3) is 0.600. The Bertz CT molecular complexity index is 194. The second kappa shape index (κ2) is 2.39. The molecule has 0 amide bonds. The van der Waals surface area contributed by atoms with E-state index in [1.165, 1.54) is 0 Å². The van der Waals surface area contributed by atoms with Crippen molar-refractivity contribution in [3.63, 3.8) is 0 Å². The van der Waals surface area contributed by atoms with Crippen molar-refractivity contribution in [3.05, 3.63) is 5.69 Å². The topological polar surface area (TPSA) is 39.9 Å². The van der Waals surface area contributed by atoms with Gasteiger partial charge in [0.05, 0.1) is 5.69 Å². The van der Waals surface area contributed by atoms with Crippen molar-refractivity contribution >= 4 is 10.9 Å². The second-order valence-electron chi connectivity index (χ2n) is 2.00. The molecule has 1 aromatic heterocycles. The van der Waals surface area contributed by atoms with E-state index in [0.717, 1.165) is 10.7 Å². The van der Waals surface area contributed by atoms with Crippen LogP contribution in [-0.2, 0) is 10.9 Å². The Labute approximate surface area is 57.2 Å². The normalized spacial score (nSPS) is 10.7. The number of rotatable bonds is 1. The Balaban J connectivity index is 2.94. The van der Waals surface area contributed by atoms with Crippen LogP contribution in [0.15, 0.2) is 5.03 Å². The van der Waals surface area contributed by atoms with Gasteiger partial charge < -0.3 is 15.4 Å². The second-order valence-corrected chi connectivity index (χ2v) is 4.02. The zero-order chi connectivity index (χ0) is 6.85. The highest BCUT2D eigenvalue weighted by Gasteiger charge is 2.10. The van der Waals surface area contributed by atoms with Gasteiger partial charge in [0.2, 0.25) is 5.03 Å². The summed E-state index contributed by atoms with van der Waals surface area (Å²) >= 11 is 0. The van der Waals surface area contributed by atoms with Crippen LogP contribution in [-0.4, -0.2) is 22.7 Å². The Morgan fingerprint density at radius 2 is 2.00 bits per heavy atom. The van der Waals surface area contributed by atoms with E-state index in [2.05, 4.69) is 27.9 Å². The van der Waals surface area contributed by atoms with Gasteiger partial charge in [0.25, 0.3) is 0 Å². The minimum atomic E-state index is 0.204. The molecule has 0 aliphatic heterocycles. The summed E-state index contributed by atoms with van der Waals surface area (Å²) in [5.41, 5.74) is 0.961. The molecular weight excluding hydrogens is 134 g/mol. The lowest BCUT2D eigenvalue weighted by molar-refractivity contribution is 0.879. The summed E-state index contributed by atoms with van der Waals surface area (Å²) in [6.07, 6.45) is 4.22. The monoisotopic (exact) mass is 143 g/mol. The van der Waals surface area contributed by atoms with Gasteiger partial charge >= 0.3 is 0 Å². The van der Waals surface area contributed by atoms with E-state index in [0.29, 0.717) is 0 Å². The maximum atomic E-state index is 3.87. The lowest BCUT2D eigenvalue weighted by Crippen LogP contribution is -1.97. The van der Waals surface area contributed by atoms with Crippen molar-refractivity contribution in [2.75, 3.05) is 12.5 Å². The molecule has 0 aromatic carbocycles. The summed E-state index contributed by atoms with van der Waals surface area (Å²) < 4.78 is 0. The molecule has 50 valence electrons. The van der Waals surface area contributed by atoms with Crippen molar-refractivity contribution < 1.29 is 0 Å². The van der Waals surface area contributed by atoms with Gasteiger partial charge in [-0.15, -0.1) is 0 Å². The van der Waals surface area contributed by atoms with Gasteiger partial charge in [-0.25, -0.2) is 0 Å². The number of hydrogen-bond acceptors (Lipinski definition) is 2. The third-order valence-corrected chi connectivity index (χ3v) is 2.18. The molecule has 0 bridgehead atoms. The average molecular weight is 143 g/mol. The fourth-order valence-electron chi connectivity index (χ4n) is 0.622. The van der Waals surface area contributed by atoms with Gasteiger partial charge in [-0.05, 0) is 6.92 Å². The zero-order valence-corrected chi connectivity index (χ0v) is 6.57. The van der Waals surface area contributed by atoms with Crippen LogP contribution in [0.5, 0.6) is 0 Å². The molecule has 0 atom stereocenters. The Kier molecular flexibility index (Phi) is 1.75. The molecule has 0 N–H and O–H groups in total. The summed E-state index contributed by atoms with van der Waals surface area (Å²) in [5.74, 6) is 0. The molecule has 9 heavy (non-hydrogen) atoms. The standard InChI is InChI=1S/C5H9N3S/c1-4-5(9(2)3)7-8-6-4/h1-3H3. The van der Waals surface area contributed by atoms with Crippen LogP contribution in [0.1, 0.15) is 5.69 Å². The van der Waals surface area contributed by atoms with Crippen LogP contribution in [0.2, 0.25) is 0 Å². The Hall–Kier alpha value is -0.510. The first-order chi connectivity index (χ1) is 4.22. The van der Waals surface area contributed by atoms with Crippen LogP contribution in [0, 0.1) is 6.92 Å². The summed E-state index contributed by atoms with van der Waals surface area (Å²) in [7, 11) is 0.204. The van der Waals surface area contributed by atoms with Gasteiger partial charge in [0, 0.05) is 10.9 Å². The smallest absolute Gasteiger partial charge is 0.248 e. The summed E-state index contributed by atoms with van der Waals surface area (Å²) in [5, 5.41) is 12.2. The quantitative estimate of drug-likeness (QED) is 0.519. The van der Waals surface area contributed by atoms with E-state index in [1.807, 2.05) is 6.92 Å². The van der Waals surface area contributed by atoms with E-state index in [4.69, 9.17) is 0 Å². The van der Waals surface area contributed by atoms with Gasteiger partial charge in [-0.3, -0.25) is 0 Å². The number of aromatic nitrogens is 3. The lowest BCUT2D eigenvalue weighted by atomic mass is 10.6. The van der Waals surface area contributed by atoms with Crippen molar-refractivity contribution in [1.29, 1.82) is 0 Å². The summed E-state index contributed by atoms with van der Waals surface area (Å²) in [6.45, 7) is 1.93. The van der Waals surface area contributed by atoms with Gasteiger partial charge in [0.15, 0.2) is 0 Å². The summed E-state index contributed by atoms with van der Waals surface area (Å²) in [4.78, 5) is 0. The zero-order valence-electron chi connectivity index (χ0n) is 5.75. The molecule has 4 heteroatoms. The SMILES string of the molecule is Cc1n[n-]nc1[S+](C)C. The maximum Gasteiger partial charge on any atom is 0.248 e. The van der Waals surface area contributed by atoms with Crippen molar-refractivity contribution in [2.24, 2.45) is 0 Å². The molecule has 0 radical (unpaired) electrons. The largest absolute Gasteiger partial charge is 0.489 e. The predicted molar refractivity (Wildman–Crippen MR) is 37.6 cm³/mol. The van der Waals surface area contributed by atoms with Crippen molar-refractivity contribution in [1.82, 2.24) is 15.4 Å². The molecule has 0 saturated carbocycles. The highest BCUT2D eigenvalue weighted by Crippen LogP contribution is 2.05. The molecular formula is C5H9N3S. The minimum absolute atomic E-state index is 0.204. The fourth-order valence-corrected chi connectivity index (χ4v) is 1.45. The first-order valence-corrected chi connectivity index (χ1v) is 4.66. The van der Waals surface area contributed by atoms with E-state index >= 15 is 0 Å². The summed E-state index contributed by atoms with van der Waals surface area (Å²) in [6, 6.07) is 0. The first-order valence-electron chi connectivity index (χ1n) is 2.62. The van der Waals surface area contributed by atoms with Gasteiger partial charge in [0.1, 0.15) is 12.5 Å². The lowest BCUT2D eigenvalue weighted by Gasteiger charge is -1.90. The third-order valence-electron chi connectivity index (χ3n) is 1.03. The van der Waals surface area contributed by atoms with Crippen LogP contribution >= 0.6 is 0 Å². The third kappa shape index (κ3) is 1.24. The molecule has 0 aliphatic rings. The highest BCUT2D eigenvalue weighted by atomic mass is 32.2. The van der Waals surface area contributed by atoms with E-state index in [-0.39, 0.29) is 10.9 Å². The molecule has 0 aliphatic carbocycles. The minimum Gasteiger partial charge on any atom is -0.489 e. The van der Waals surface area contributed by atoms with Crippen LogP contribution in [0.4, 0.5) is 0 Å². The highest BCUT2D eigenvalue weighted by molar-refractivity contribution is 7.95. The van der Waals surface area contributed by atoms with Gasteiger partial charge in [-0.2, -0.15) is 0 Å². The average Bonchev–Trinajstić information content (AvgIpc) is 2.13. The Morgan fingerprint density at radius 1 is 1.33 bits per heavy atom. The number of hydrogen-bond donors (Lipinski definition) is 0. The molecule has 0 fully saturated rings. The number of nitrogens with zero attached hydrogens (tertiary/aromatic N) is 3. The van der Waals surface area contributed by atoms with Crippen molar-refractivity contribution in [3.8, 4) is 0 Å². The Morgan fingerprint density at radius 3 is 2.22 bits per heavy atom. The number of aryl methyl sites for hydroxylation is 1. The van der Waals surface area contributed by atoms with Crippen LogP contribution in [0.3, 0.4) is 0 Å². The van der Waals surface area contributed by atoms with Crippen molar-refractivity contribution in [2.45, 2.75) is 11.9 Å². The van der Waals surface area contributed by atoms with E-state index < -0.39 is 0 Å². The van der Waals surface area contributed by atoms with E-state index in [1.54, 1.807) is 0 Å². The molecule has 3 nitrogen and oxygen atoms in total. The van der Waals surface area contributed by atoms with Crippen LogP contribution < -0.4 is 5.21 Å². The molecule has 0 unspecified atom stereocenters. The van der Waals surface area contributed by atoms with Gasteiger partial charge in [-0.1, -0.05) is 0 Å². The first kappa shape index (κ1) is 6.61. The molecule has 1 aromatic rings. The molecule has 1 rings (SSSR count). The van der Waals surface area contributed by atoms with E-state index in [9.17, 15) is 0 Å².